The molecule has 0 aliphatic rings. The quantitative estimate of drug-likeness (QED) is 0.200. The summed E-state index contributed by atoms with van der Waals surface area (Å²) in [5.41, 5.74) is 9.21. The first-order valence-corrected chi connectivity index (χ1v) is 14.3. The summed E-state index contributed by atoms with van der Waals surface area (Å²) in [4.78, 5) is 3.65. The number of methoxy groups -OCH3 is 1. The van der Waals surface area contributed by atoms with Crippen molar-refractivity contribution in [1.82, 2.24) is 9.13 Å². The van der Waals surface area contributed by atoms with Gasteiger partial charge in [-0.3, -0.25) is 0 Å². The molecule has 0 aliphatic heterocycles. The van der Waals surface area contributed by atoms with Crippen molar-refractivity contribution in [3.05, 3.63) is 144 Å². The van der Waals surface area contributed by atoms with Crippen LogP contribution in [0.5, 0.6) is 5.75 Å². The normalized spacial score (nSPS) is 11.2. The maximum atomic E-state index is 9.73. The molecule has 206 valence electrons. The number of nitrogens with zero attached hydrogens (tertiary/aromatic N) is 4. The van der Waals surface area contributed by atoms with Crippen LogP contribution in [-0.2, 0) is 0 Å². The van der Waals surface area contributed by atoms with Crippen LogP contribution in [-0.4, -0.2) is 16.2 Å². The van der Waals surface area contributed by atoms with E-state index < -0.39 is 0 Å². The first-order valence-electron chi connectivity index (χ1n) is 14.3. The van der Waals surface area contributed by atoms with E-state index in [0.717, 1.165) is 55.6 Å². The molecule has 0 saturated carbocycles. The van der Waals surface area contributed by atoms with E-state index in [1.807, 2.05) is 30.3 Å². The van der Waals surface area contributed by atoms with Gasteiger partial charge < -0.3 is 13.9 Å². The summed E-state index contributed by atoms with van der Waals surface area (Å²) in [6, 6.07) is 45.7. The number of ether oxygens (including phenoxy) is 1. The molecule has 5 nitrogen and oxygen atoms in total. The Hall–Kier alpha value is -6.30. The highest BCUT2D eigenvalue weighted by Gasteiger charge is 2.19. The summed E-state index contributed by atoms with van der Waals surface area (Å²) in [6.07, 6.45) is 0. The molecule has 0 amide bonds. The third-order valence-corrected chi connectivity index (χ3v) is 8.42. The summed E-state index contributed by atoms with van der Waals surface area (Å²) in [5.74, 6) is 0.763. The monoisotopic (exact) mass is 564 g/mol. The second-order valence-electron chi connectivity index (χ2n) is 10.8. The molecule has 0 atom stereocenters. The van der Waals surface area contributed by atoms with Crippen LogP contribution in [0, 0.1) is 17.9 Å². The maximum Gasteiger partial charge on any atom is 0.190 e. The van der Waals surface area contributed by atoms with Crippen LogP contribution in [0.2, 0.25) is 0 Å². The van der Waals surface area contributed by atoms with Crippen molar-refractivity contribution in [1.29, 1.82) is 5.26 Å². The van der Waals surface area contributed by atoms with Gasteiger partial charge in [-0.05, 0) is 77.9 Å². The first kappa shape index (κ1) is 25.4. The number of rotatable bonds is 4. The first-order chi connectivity index (χ1) is 21.7. The molecule has 44 heavy (non-hydrogen) atoms. The lowest BCUT2D eigenvalue weighted by atomic mass is 9.98. The largest absolute Gasteiger partial charge is 0.497 e. The minimum atomic E-state index is 0.429. The van der Waals surface area contributed by atoms with Crippen LogP contribution in [0.4, 0.5) is 5.69 Å². The van der Waals surface area contributed by atoms with Gasteiger partial charge in [0.2, 0.25) is 0 Å². The lowest BCUT2D eigenvalue weighted by Gasteiger charge is -2.11. The summed E-state index contributed by atoms with van der Waals surface area (Å²) < 4.78 is 10.1. The Morgan fingerprint density at radius 3 is 2.20 bits per heavy atom. The van der Waals surface area contributed by atoms with Gasteiger partial charge in [-0.1, -0.05) is 60.7 Å². The number of aromatic nitrogens is 2. The molecule has 0 aliphatic carbocycles. The second-order valence-corrected chi connectivity index (χ2v) is 10.8. The molecule has 0 unspecified atom stereocenters. The van der Waals surface area contributed by atoms with E-state index in [4.69, 9.17) is 11.3 Å². The zero-order chi connectivity index (χ0) is 29.8. The zero-order valence-electron chi connectivity index (χ0n) is 23.8. The highest BCUT2D eigenvalue weighted by Crippen LogP contribution is 2.42. The van der Waals surface area contributed by atoms with Crippen LogP contribution >= 0.6 is 0 Å². The average molecular weight is 565 g/mol. The predicted molar refractivity (Wildman–Crippen MR) is 178 cm³/mol. The molecule has 2 heterocycles. The molecule has 0 N–H and O–H groups in total. The van der Waals surface area contributed by atoms with Crippen LogP contribution in [0.3, 0.4) is 0 Å². The standard InChI is InChI=1S/C39H24N4O/c1-41-27-19-25(24-40)20-29(22-27)43-36-18-16-30(44-2)23-34(36)39-31(12-8-14-37(39)43)26-15-17-33-32-11-6-7-13-35(32)42(38(33)21-26)28-9-4-3-5-10-28/h3-23H,2H3. The minimum Gasteiger partial charge on any atom is -0.497 e. The third-order valence-electron chi connectivity index (χ3n) is 8.42. The number of benzene rings is 6. The van der Waals surface area contributed by atoms with Crippen molar-refractivity contribution in [2.45, 2.75) is 0 Å². The van der Waals surface area contributed by atoms with E-state index in [2.05, 4.69) is 111 Å². The van der Waals surface area contributed by atoms with Crippen LogP contribution < -0.4 is 4.74 Å². The smallest absolute Gasteiger partial charge is 0.190 e. The molecule has 0 fully saturated rings. The number of fused-ring (bicyclic) bond motifs is 6. The molecule has 2 aromatic heterocycles. The van der Waals surface area contributed by atoms with Crippen LogP contribution in [0.1, 0.15) is 5.56 Å². The Kier molecular flexibility index (Phi) is 5.72. The highest BCUT2D eigenvalue weighted by molar-refractivity contribution is 6.17. The van der Waals surface area contributed by atoms with Gasteiger partial charge in [0.05, 0.1) is 41.8 Å². The highest BCUT2D eigenvalue weighted by atomic mass is 16.5. The van der Waals surface area contributed by atoms with Gasteiger partial charge in [-0.2, -0.15) is 5.26 Å². The van der Waals surface area contributed by atoms with Crippen molar-refractivity contribution in [2.24, 2.45) is 0 Å². The summed E-state index contributed by atoms with van der Waals surface area (Å²) >= 11 is 0. The number of hydrogen-bond donors (Lipinski definition) is 0. The van der Waals surface area contributed by atoms with E-state index >= 15 is 0 Å². The Balaban J connectivity index is 1.46. The van der Waals surface area contributed by atoms with Crippen molar-refractivity contribution in [3.63, 3.8) is 0 Å². The van der Waals surface area contributed by atoms with E-state index in [9.17, 15) is 5.26 Å². The fourth-order valence-electron chi connectivity index (χ4n) is 6.54. The maximum absolute atomic E-state index is 9.73. The summed E-state index contributed by atoms with van der Waals surface area (Å²) in [7, 11) is 1.68. The van der Waals surface area contributed by atoms with E-state index in [0.29, 0.717) is 11.3 Å². The number of hydrogen-bond acceptors (Lipinski definition) is 2. The molecule has 5 heteroatoms. The number of para-hydroxylation sites is 2. The minimum absolute atomic E-state index is 0.429. The van der Waals surface area contributed by atoms with Crippen molar-refractivity contribution in [2.75, 3.05) is 7.11 Å². The second kappa shape index (κ2) is 9.91. The molecule has 6 aromatic carbocycles. The lowest BCUT2D eigenvalue weighted by molar-refractivity contribution is 0.415. The molecule has 8 rings (SSSR count). The summed E-state index contributed by atoms with van der Waals surface area (Å²) in [5, 5.41) is 14.3. The van der Waals surface area contributed by atoms with Crippen molar-refractivity contribution < 1.29 is 4.74 Å². The molecule has 0 bridgehead atoms. The fourth-order valence-corrected chi connectivity index (χ4v) is 6.54. The molecular formula is C39H24N4O. The van der Waals surface area contributed by atoms with Gasteiger partial charge >= 0.3 is 0 Å². The van der Waals surface area contributed by atoms with Gasteiger partial charge in [-0.25, -0.2) is 4.85 Å². The topological polar surface area (TPSA) is 47.2 Å². The van der Waals surface area contributed by atoms with Gasteiger partial charge in [0.1, 0.15) is 5.75 Å². The molecule has 8 aromatic rings. The zero-order valence-corrected chi connectivity index (χ0v) is 23.8. The lowest BCUT2D eigenvalue weighted by Crippen LogP contribution is -1.95. The molecule has 0 saturated heterocycles. The predicted octanol–water partition coefficient (Wildman–Crippen LogP) is 9.98. The fraction of sp³-hybridized carbons (Fsp3) is 0.0256. The third kappa shape index (κ3) is 3.78. The summed E-state index contributed by atoms with van der Waals surface area (Å²) in [6.45, 7) is 7.64. The SMILES string of the molecule is [C-]#[N+]c1cc(C#N)cc(-n2c3ccc(OC)cc3c3c(-c4ccc5c6ccccc6n(-c6ccccc6)c5c4)cccc32)c1. The Labute approximate surface area is 253 Å². The van der Waals surface area contributed by atoms with Crippen molar-refractivity contribution >= 4 is 49.3 Å². The Morgan fingerprint density at radius 1 is 0.636 bits per heavy atom. The van der Waals surface area contributed by atoms with Crippen LogP contribution in [0.25, 0.3) is 71.0 Å². The van der Waals surface area contributed by atoms with Crippen LogP contribution in [0.15, 0.2) is 127 Å². The Morgan fingerprint density at radius 2 is 1.39 bits per heavy atom. The van der Waals surface area contributed by atoms with Crippen molar-refractivity contribution in [3.8, 4) is 34.3 Å². The van der Waals surface area contributed by atoms with Gasteiger partial charge in [0.25, 0.3) is 0 Å². The van der Waals surface area contributed by atoms with Gasteiger partial charge in [0.15, 0.2) is 5.69 Å². The average Bonchev–Trinajstić information content (AvgIpc) is 3.60. The molecular weight excluding hydrogens is 540 g/mol. The number of nitriles is 1. The Bertz CT molecular complexity index is 2470. The van der Waals surface area contributed by atoms with E-state index in [1.54, 1.807) is 13.2 Å². The molecule has 0 radical (unpaired) electrons. The van der Waals surface area contributed by atoms with Gasteiger partial charge in [-0.15, -0.1) is 0 Å². The van der Waals surface area contributed by atoms with E-state index in [1.165, 1.54) is 16.3 Å². The van der Waals surface area contributed by atoms with Gasteiger partial charge in [0, 0.05) is 38.5 Å². The van der Waals surface area contributed by atoms with E-state index in [-0.39, 0.29) is 0 Å². The molecule has 0 spiro atoms.